The molecule has 1 aromatic carbocycles. The van der Waals surface area contributed by atoms with Gasteiger partial charge in [0.1, 0.15) is 0 Å². The van der Waals surface area contributed by atoms with Gasteiger partial charge in [0.25, 0.3) is 5.91 Å². The van der Waals surface area contributed by atoms with Gasteiger partial charge in [-0.1, -0.05) is 17.3 Å². The van der Waals surface area contributed by atoms with Crippen LogP contribution in [0, 0.1) is 6.92 Å². The van der Waals surface area contributed by atoms with Crippen molar-refractivity contribution in [3.63, 3.8) is 0 Å². The zero-order valence-electron chi connectivity index (χ0n) is 14.5. The van der Waals surface area contributed by atoms with Crippen LogP contribution in [0.2, 0.25) is 0 Å². The van der Waals surface area contributed by atoms with Crippen molar-refractivity contribution >= 4 is 30.1 Å². The lowest BCUT2D eigenvalue weighted by Gasteiger charge is -2.22. The molecule has 3 rings (SSSR count). The smallest absolute Gasteiger partial charge is 0.273 e. The second kappa shape index (κ2) is 9.22. The second-order valence-electron chi connectivity index (χ2n) is 6.06. The molecular formula is C17H24ClN5OS. The fourth-order valence-electron chi connectivity index (χ4n) is 2.89. The zero-order chi connectivity index (χ0) is 16.9. The van der Waals surface area contributed by atoms with Crippen LogP contribution in [0.1, 0.15) is 40.5 Å². The standard InChI is InChI=1S/C17H23N5OS.ClH/c1-12-3-4-13(16(9-12)24-2)10-19-17(23)15-11-22(21-20-15)14-5-7-18-8-6-14;/h3-4,9,11,14,18H,5-8,10H2,1-2H3,(H,19,23);1H. The number of aromatic nitrogens is 3. The highest BCUT2D eigenvalue weighted by atomic mass is 35.5. The second-order valence-corrected chi connectivity index (χ2v) is 6.91. The van der Waals surface area contributed by atoms with Crippen molar-refractivity contribution in [1.82, 2.24) is 25.6 Å². The zero-order valence-corrected chi connectivity index (χ0v) is 16.1. The maximum absolute atomic E-state index is 12.3. The summed E-state index contributed by atoms with van der Waals surface area (Å²) in [5, 5.41) is 14.4. The quantitative estimate of drug-likeness (QED) is 0.779. The average molecular weight is 382 g/mol. The van der Waals surface area contributed by atoms with Crippen molar-refractivity contribution in [3.8, 4) is 0 Å². The molecule has 1 amide bonds. The number of carbonyl (C=O) groups is 1. The molecular weight excluding hydrogens is 358 g/mol. The Balaban J connectivity index is 0.00000225. The van der Waals surface area contributed by atoms with E-state index >= 15 is 0 Å². The van der Waals surface area contributed by atoms with Crippen LogP contribution in [-0.4, -0.2) is 40.2 Å². The number of amides is 1. The van der Waals surface area contributed by atoms with Crippen LogP contribution in [0.25, 0.3) is 0 Å². The summed E-state index contributed by atoms with van der Waals surface area (Å²) in [6.07, 6.45) is 5.84. The monoisotopic (exact) mass is 381 g/mol. The Morgan fingerprint density at radius 2 is 2.16 bits per heavy atom. The minimum atomic E-state index is -0.178. The van der Waals surface area contributed by atoms with Crippen LogP contribution >= 0.6 is 24.2 Å². The Morgan fingerprint density at radius 3 is 2.88 bits per heavy atom. The fourth-order valence-corrected chi connectivity index (χ4v) is 3.60. The number of hydrogen-bond donors (Lipinski definition) is 2. The van der Waals surface area contributed by atoms with E-state index in [-0.39, 0.29) is 18.3 Å². The topological polar surface area (TPSA) is 71.8 Å². The largest absolute Gasteiger partial charge is 0.346 e. The number of nitrogens with one attached hydrogen (secondary N) is 2. The third kappa shape index (κ3) is 4.96. The number of carbonyl (C=O) groups excluding carboxylic acids is 1. The van der Waals surface area contributed by atoms with Gasteiger partial charge in [-0.25, -0.2) is 4.68 Å². The summed E-state index contributed by atoms with van der Waals surface area (Å²) >= 11 is 1.69. The molecule has 2 N–H and O–H groups in total. The maximum atomic E-state index is 12.3. The molecule has 1 saturated heterocycles. The van der Waals surface area contributed by atoms with E-state index in [1.807, 2.05) is 10.9 Å². The van der Waals surface area contributed by atoms with Crippen LogP contribution < -0.4 is 10.6 Å². The van der Waals surface area contributed by atoms with Gasteiger partial charge in [0.15, 0.2) is 5.69 Å². The number of rotatable bonds is 5. The van der Waals surface area contributed by atoms with E-state index < -0.39 is 0 Å². The van der Waals surface area contributed by atoms with Crippen molar-refractivity contribution in [3.05, 3.63) is 41.2 Å². The molecule has 1 fully saturated rings. The third-order valence-electron chi connectivity index (χ3n) is 4.31. The molecule has 0 saturated carbocycles. The molecule has 136 valence electrons. The van der Waals surface area contributed by atoms with E-state index in [9.17, 15) is 4.79 Å². The highest BCUT2D eigenvalue weighted by molar-refractivity contribution is 7.98. The molecule has 0 radical (unpaired) electrons. The lowest BCUT2D eigenvalue weighted by Crippen LogP contribution is -2.29. The van der Waals surface area contributed by atoms with E-state index in [1.165, 1.54) is 10.5 Å². The summed E-state index contributed by atoms with van der Waals surface area (Å²) in [5.74, 6) is -0.178. The average Bonchev–Trinajstić information content (AvgIpc) is 3.11. The normalized spacial score (nSPS) is 14.8. The van der Waals surface area contributed by atoms with Gasteiger partial charge in [0, 0.05) is 11.4 Å². The first-order chi connectivity index (χ1) is 11.7. The fraction of sp³-hybridized carbons (Fsp3) is 0.471. The number of benzene rings is 1. The van der Waals surface area contributed by atoms with E-state index in [0.717, 1.165) is 31.5 Å². The first kappa shape index (κ1) is 19.8. The highest BCUT2D eigenvalue weighted by Crippen LogP contribution is 2.22. The molecule has 1 aliphatic heterocycles. The Labute approximate surface area is 158 Å². The molecule has 2 heterocycles. The van der Waals surface area contributed by atoms with Gasteiger partial charge in [0.05, 0.1) is 12.2 Å². The Hall–Kier alpha value is -1.57. The Morgan fingerprint density at radius 1 is 1.40 bits per heavy atom. The first-order valence-corrected chi connectivity index (χ1v) is 9.44. The number of hydrogen-bond acceptors (Lipinski definition) is 5. The SMILES string of the molecule is CSc1cc(C)ccc1CNC(=O)c1cn(C2CCNCC2)nn1.Cl. The van der Waals surface area contributed by atoms with Crippen molar-refractivity contribution < 1.29 is 4.79 Å². The van der Waals surface area contributed by atoms with Crippen LogP contribution in [0.3, 0.4) is 0 Å². The molecule has 0 spiro atoms. The molecule has 6 nitrogen and oxygen atoms in total. The summed E-state index contributed by atoms with van der Waals surface area (Å²) < 4.78 is 1.83. The van der Waals surface area contributed by atoms with Crippen molar-refractivity contribution in [2.24, 2.45) is 0 Å². The molecule has 1 aliphatic rings. The van der Waals surface area contributed by atoms with Gasteiger partial charge >= 0.3 is 0 Å². The van der Waals surface area contributed by atoms with Crippen LogP contribution in [0.15, 0.2) is 29.3 Å². The predicted molar refractivity (Wildman–Crippen MR) is 103 cm³/mol. The van der Waals surface area contributed by atoms with Crippen molar-refractivity contribution in [2.75, 3.05) is 19.3 Å². The summed E-state index contributed by atoms with van der Waals surface area (Å²) in [6, 6.07) is 6.60. The number of nitrogens with zero attached hydrogens (tertiary/aromatic N) is 3. The molecule has 0 atom stereocenters. The van der Waals surface area contributed by atoms with Crippen molar-refractivity contribution in [1.29, 1.82) is 0 Å². The van der Waals surface area contributed by atoms with Crippen molar-refractivity contribution in [2.45, 2.75) is 37.2 Å². The Kier molecular flexibility index (Phi) is 7.28. The minimum Gasteiger partial charge on any atom is -0.346 e. The summed E-state index contributed by atoms with van der Waals surface area (Å²) in [4.78, 5) is 13.5. The molecule has 0 unspecified atom stereocenters. The van der Waals surface area contributed by atoms with Crippen LogP contribution in [0.4, 0.5) is 0 Å². The van der Waals surface area contributed by atoms with Gasteiger partial charge in [-0.2, -0.15) is 0 Å². The minimum absolute atomic E-state index is 0. The molecule has 2 aromatic rings. The van der Waals surface area contributed by atoms with E-state index in [0.29, 0.717) is 18.3 Å². The third-order valence-corrected chi connectivity index (χ3v) is 5.13. The molecule has 0 aliphatic carbocycles. The molecule has 8 heteroatoms. The van der Waals surface area contributed by atoms with Gasteiger partial charge in [-0.3, -0.25) is 4.79 Å². The highest BCUT2D eigenvalue weighted by Gasteiger charge is 2.18. The van der Waals surface area contributed by atoms with Crippen LogP contribution in [-0.2, 0) is 6.54 Å². The van der Waals surface area contributed by atoms with Gasteiger partial charge in [-0.15, -0.1) is 29.3 Å². The predicted octanol–water partition coefficient (Wildman–Crippen LogP) is 2.58. The van der Waals surface area contributed by atoms with E-state index in [2.05, 4.69) is 46.1 Å². The lowest BCUT2D eigenvalue weighted by molar-refractivity contribution is 0.0945. The summed E-state index contributed by atoms with van der Waals surface area (Å²) in [6.45, 7) is 4.53. The summed E-state index contributed by atoms with van der Waals surface area (Å²) in [5.41, 5.74) is 2.72. The molecule has 1 aromatic heterocycles. The summed E-state index contributed by atoms with van der Waals surface area (Å²) in [7, 11) is 0. The molecule has 0 bridgehead atoms. The molecule has 25 heavy (non-hydrogen) atoms. The number of aryl methyl sites for hydroxylation is 1. The van der Waals surface area contributed by atoms with E-state index in [1.54, 1.807) is 18.0 Å². The first-order valence-electron chi connectivity index (χ1n) is 8.21. The van der Waals surface area contributed by atoms with Crippen LogP contribution in [0.5, 0.6) is 0 Å². The number of piperidine rings is 1. The van der Waals surface area contributed by atoms with E-state index in [4.69, 9.17) is 0 Å². The van der Waals surface area contributed by atoms with Gasteiger partial charge < -0.3 is 10.6 Å². The van der Waals surface area contributed by atoms with Gasteiger partial charge in [-0.05, 0) is 56.3 Å². The van der Waals surface area contributed by atoms with Gasteiger partial charge in [0.2, 0.25) is 0 Å². The lowest BCUT2D eigenvalue weighted by atomic mass is 10.1. The Bertz CT molecular complexity index is 715. The number of thioether (sulfide) groups is 1. The number of halogens is 1. The maximum Gasteiger partial charge on any atom is 0.273 e.